The van der Waals surface area contributed by atoms with Crippen LogP contribution in [0, 0.1) is 0 Å². The summed E-state index contributed by atoms with van der Waals surface area (Å²) in [7, 11) is 0. The van der Waals surface area contributed by atoms with Crippen molar-refractivity contribution in [3.05, 3.63) is 71.3 Å². The van der Waals surface area contributed by atoms with E-state index in [-0.39, 0.29) is 29.9 Å². The zero-order chi connectivity index (χ0) is 26.5. The van der Waals surface area contributed by atoms with Crippen LogP contribution in [0.1, 0.15) is 59.4 Å². The first-order valence-corrected chi connectivity index (χ1v) is 13.2. The van der Waals surface area contributed by atoms with Gasteiger partial charge in [0.2, 0.25) is 11.8 Å². The molecule has 8 heteroatoms. The van der Waals surface area contributed by atoms with E-state index in [1.807, 2.05) is 54.6 Å². The molecule has 2 atom stereocenters. The minimum Gasteiger partial charge on any atom is -0.306 e. The van der Waals surface area contributed by atoms with Crippen molar-refractivity contribution in [2.75, 3.05) is 13.1 Å². The predicted molar refractivity (Wildman–Crippen MR) is 149 cm³/mol. The summed E-state index contributed by atoms with van der Waals surface area (Å²) in [5, 5.41) is 6.61. The number of carbonyl (C=O) groups is 2. The van der Waals surface area contributed by atoms with Gasteiger partial charge in [-0.2, -0.15) is 0 Å². The second kappa shape index (κ2) is 9.31. The smallest absolute Gasteiger partial charge is 0.248 e. The van der Waals surface area contributed by atoms with E-state index in [0.717, 1.165) is 49.8 Å². The van der Waals surface area contributed by atoms with E-state index in [1.54, 1.807) is 21.3 Å². The van der Waals surface area contributed by atoms with Gasteiger partial charge >= 0.3 is 0 Å². The second-order valence-corrected chi connectivity index (χ2v) is 10.1. The molecule has 0 radical (unpaired) electrons. The van der Waals surface area contributed by atoms with Crippen LogP contribution in [0.15, 0.2) is 48.5 Å². The van der Waals surface area contributed by atoms with Crippen molar-refractivity contribution >= 4 is 58.2 Å². The summed E-state index contributed by atoms with van der Waals surface area (Å²) in [5.41, 5.74) is 5.30. The molecule has 2 fully saturated rings. The van der Waals surface area contributed by atoms with Gasteiger partial charge in [-0.05, 0) is 112 Å². The molecule has 0 aromatic carbocycles. The van der Waals surface area contributed by atoms with Crippen molar-refractivity contribution in [1.82, 2.24) is 29.7 Å². The van der Waals surface area contributed by atoms with E-state index in [2.05, 4.69) is 10.6 Å². The van der Waals surface area contributed by atoms with Crippen LogP contribution >= 0.6 is 0 Å². The van der Waals surface area contributed by atoms with Gasteiger partial charge in [0.15, 0.2) is 0 Å². The zero-order valence-electron chi connectivity index (χ0n) is 21.9. The van der Waals surface area contributed by atoms with Crippen molar-refractivity contribution in [3.8, 4) is 0 Å². The van der Waals surface area contributed by atoms with Gasteiger partial charge in [-0.25, -0.2) is 9.97 Å². The Balaban J connectivity index is 1.50. The Labute approximate surface area is 221 Å². The Bertz CT molecular complexity index is 1740. The van der Waals surface area contributed by atoms with Gasteiger partial charge in [-0.1, -0.05) is 0 Å². The monoisotopic (exact) mass is 505 g/mol. The number of carbonyl (C=O) groups excluding carboxylic acids is 2. The minimum absolute atomic E-state index is 0.00896. The lowest BCUT2D eigenvalue weighted by Crippen LogP contribution is -2.34. The molecule has 2 saturated heterocycles. The SMILES string of the molecule is [2H]c1cc2cc3nc(cc4ccc(cc5nc(cc1n2C(=O)[C@@H]1CCCN1)C=C5)n4C(=O)[C@@H]1CCCN1)C=C3. The molecule has 2 N–H and O–H groups in total. The highest BCUT2D eigenvalue weighted by Crippen LogP contribution is 2.23. The minimum atomic E-state index is -0.290. The first-order valence-electron chi connectivity index (χ1n) is 13.7. The Morgan fingerprint density at radius 1 is 0.684 bits per heavy atom. The number of nitrogens with zero attached hydrogens (tertiary/aromatic N) is 4. The second-order valence-electron chi connectivity index (χ2n) is 10.1. The summed E-state index contributed by atoms with van der Waals surface area (Å²) >= 11 is 0. The number of nitrogens with one attached hydrogen (secondary N) is 2. The summed E-state index contributed by atoms with van der Waals surface area (Å²) in [4.78, 5) is 36.7. The van der Waals surface area contributed by atoms with E-state index in [1.165, 1.54) is 0 Å². The van der Waals surface area contributed by atoms with Crippen molar-refractivity contribution in [2.45, 2.75) is 37.8 Å². The summed E-state index contributed by atoms with van der Waals surface area (Å²) in [6.07, 6.45) is 11.0. The Morgan fingerprint density at radius 2 is 1.11 bits per heavy atom. The first kappa shape index (κ1) is 21.9. The van der Waals surface area contributed by atoms with Gasteiger partial charge in [0.05, 0.1) is 58.3 Å². The summed E-state index contributed by atoms with van der Waals surface area (Å²) < 4.78 is 12.1. The number of hydrogen-bond acceptors (Lipinski definition) is 6. The molecule has 0 unspecified atom stereocenters. The quantitative estimate of drug-likeness (QED) is 0.370. The highest BCUT2D eigenvalue weighted by atomic mass is 16.2. The van der Waals surface area contributed by atoms with Gasteiger partial charge < -0.3 is 10.6 Å². The Morgan fingerprint density at radius 3 is 1.55 bits per heavy atom. The fourth-order valence-corrected chi connectivity index (χ4v) is 5.63. The third-order valence-electron chi connectivity index (χ3n) is 7.50. The molecule has 7 heterocycles. The van der Waals surface area contributed by atoms with Crippen molar-refractivity contribution in [1.29, 1.82) is 0 Å². The summed E-state index contributed by atoms with van der Waals surface area (Å²) in [6, 6.07) is 12.7. The lowest BCUT2D eigenvalue weighted by atomic mass is 10.2. The van der Waals surface area contributed by atoms with Crippen molar-refractivity contribution in [3.63, 3.8) is 0 Å². The van der Waals surface area contributed by atoms with Crippen LogP contribution in [0.3, 0.4) is 0 Å². The average molecular weight is 506 g/mol. The molecular formula is C30H28N6O2. The molecule has 4 aliphatic heterocycles. The topological polar surface area (TPSA) is 93.8 Å². The van der Waals surface area contributed by atoms with Crippen LogP contribution in [0.2, 0.25) is 0 Å². The van der Waals surface area contributed by atoms with Gasteiger partial charge in [-0.3, -0.25) is 18.7 Å². The van der Waals surface area contributed by atoms with Crippen LogP contribution in [0.25, 0.3) is 46.4 Å². The highest BCUT2D eigenvalue weighted by Gasteiger charge is 2.26. The molecule has 8 nitrogen and oxygen atoms in total. The molecule has 0 aliphatic carbocycles. The van der Waals surface area contributed by atoms with E-state index in [0.29, 0.717) is 33.8 Å². The molecular weight excluding hydrogens is 476 g/mol. The molecule has 3 aromatic rings. The number of hydrogen-bond donors (Lipinski definition) is 2. The maximum absolute atomic E-state index is 13.6. The predicted octanol–water partition coefficient (Wildman–Crippen LogP) is 4.39. The molecule has 8 bridgehead atoms. The fraction of sp³-hybridized carbons (Fsp3) is 0.267. The van der Waals surface area contributed by atoms with Crippen molar-refractivity contribution < 1.29 is 11.0 Å². The molecule has 3 aromatic heterocycles. The molecule has 0 saturated carbocycles. The third-order valence-corrected chi connectivity index (χ3v) is 7.50. The number of rotatable bonds is 2. The van der Waals surface area contributed by atoms with Crippen LogP contribution < -0.4 is 10.6 Å². The van der Waals surface area contributed by atoms with Crippen LogP contribution in [0.5, 0.6) is 0 Å². The van der Waals surface area contributed by atoms with E-state index < -0.39 is 0 Å². The molecule has 0 spiro atoms. The van der Waals surface area contributed by atoms with Gasteiger partial charge in [-0.15, -0.1) is 0 Å². The van der Waals surface area contributed by atoms with Crippen LogP contribution in [-0.4, -0.2) is 56.1 Å². The maximum atomic E-state index is 13.6. The summed E-state index contributed by atoms with van der Waals surface area (Å²) in [5.74, 6) is -0.0704. The first-order chi connectivity index (χ1) is 19.0. The third kappa shape index (κ3) is 4.12. The normalized spacial score (nSPS) is 20.7. The molecule has 190 valence electrons. The zero-order valence-corrected chi connectivity index (χ0v) is 20.9. The highest BCUT2D eigenvalue weighted by molar-refractivity contribution is 5.96. The largest absolute Gasteiger partial charge is 0.306 e. The van der Waals surface area contributed by atoms with E-state index >= 15 is 0 Å². The molecule has 0 amide bonds. The molecule has 38 heavy (non-hydrogen) atoms. The average Bonchev–Trinajstić information content (AvgIpc) is 3.75. The standard InChI is InChI=1S/C30H28N6O2/c37-29(27-3-1-13-31-27)35-23-9-10-24(35)16-20-6-8-22(34-20)18-26-12-11-25(17-21-7-5-19(15-23)33-21)36(26)30(38)28-4-2-14-32-28/h5-12,15-18,27-28,31-32H,1-4,13-14H2/t27-,28-/m0/s1/i9D. The fourth-order valence-electron chi connectivity index (χ4n) is 5.63. The van der Waals surface area contributed by atoms with Gasteiger partial charge in [0.25, 0.3) is 0 Å². The Hall–Kier alpha value is -4.14. The number of fused-ring (bicyclic) bond motifs is 8. The van der Waals surface area contributed by atoms with E-state index in [4.69, 9.17) is 11.3 Å². The lowest BCUT2D eigenvalue weighted by Gasteiger charge is -2.12. The maximum Gasteiger partial charge on any atom is 0.248 e. The lowest BCUT2D eigenvalue weighted by molar-refractivity contribution is 0.0872. The van der Waals surface area contributed by atoms with Crippen LogP contribution in [-0.2, 0) is 0 Å². The molecule has 4 aliphatic rings. The van der Waals surface area contributed by atoms with Crippen molar-refractivity contribution in [2.24, 2.45) is 0 Å². The number of aromatic nitrogens is 4. The molecule has 7 rings (SSSR count). The van der Waals surface area contributed by atoms with Crippen LogP contribution in [0.4, 0.5) is 0 Å². The van der Waals surface area contributed by atoms with Gasteiger partial charge in [0.1, 0.15) is 0 Å². The summed E-state index contributed by atoms with van der Waals surface area (Å²) in [6.45, 7) is 1.64. The Kier molecular flexibility index (Phi) is 5.36. The van der Waals surface area contributed by atoms with Gasteiger partial charge in [0, 0.05) is 0 Å². The van der Waals surface area contributed by atoms with E-state index in [9.17, 15) is 9.59 Å².